The van der Waals surface area contributed by atoms with E-state index in [-0.39, 0.29) is 12.6 Å². The molecule has 0 aliphatic heterocycles. The Balaban J connectivity index is 2.59. The largest absolute Gasteiger partial charge is 0.395 e. The second kappa shape index (κ2) is 6.10. The molecule has 86 valence electrons. The highest BCUT2D eigenvalue weighted by Gasteiger charge is 2.06. The van der Waals surface area contributed by atoms with Crippen LogP contribution in [0.3, 0.4) is 0 Å². The minimum atomic E-state index is -0.218. The summed E-state index contributed by atoms with van der Waals surface area (Å²) in [6.45, 7) is 0.0516. The molecule has 0 radical (unpaired) electrons. The Labute approximate surface area is 98.1 Å². The fourth-order valence-electron chi connectivity index (χ4n) is 0.798. The van der Waals surface area contributed by atoms with E-state index in [1.807, 2.05) is 0 Å². The summed E-state index contributed by atoms with van der Waals surface area (Å²) in [5.41, 5.74) is 0. The molecule has 1 rings (SSSR count). The number of hydrogen-bond donors (Lipinski definition) is 2. The van der Waals surface area contributed by atoms with Crippen molar-refractivity contribution in [3.05, 3.63) is 11.1 Å². The number of urea groups is 1. The Hall–Kier alpha value is -1.58. The Morgan fingerprint density at radius 2 is 2.44 bits per heavy atom. The molecule has 5 nitrogen and oxygen atoms in total. The molecule has 1 aromatic rings. The molecule has 0 fully saturated rings. The van der Waals surface area contributed by atoms with E-state index in [0.29, 0.717) is 11.6 Å². The highest BCUT2D eigenvalue weighted by atomic mass is 32.1. The predicted molar refractivity (Wildman–Crippen MR) is 63.4 cm³/mol. The molecule has 2 N–H and O–H groups in total. The van der Waals surface area contributed by atoms with E-state index in [0.717, 1.165) is 4.88 Å². The molecular weight excluding hydrogens is 226 g/mol. The van der Waals surface area contributed by atoms with Gasteiger partial charge in [0.2, 0.25) is 0 Å². The van der Waals surface area contributed by atoms with E-state index in [1.54, 1.807) is 20.3 Å². The van der Waals surface area contributed by atoms with Gasteiger partial charge in [0.1, 0.15) is 0 Å². The van der Waals surface area contributed by atoms with Crippen LogP contribution in [0.1, 0.15) is 11.3 Å². The summed E-state index contributed by atoms with van der Waals surface area (Å²) in [5.74, 6) is 5.64. The smallest absolute Gasteiger partial charge is 0.323 e. The molecule has 0 bridgehead atoms. The molecule has 16 heavy (non-hydrogen) atoms. The zero-order valence-electron chi connectivity index (χ0n) is 9.15. The molecule has 0 saturated carbocycles. The van der Waals surface area contributed by atoms with Gasteiger partial charge in [-0.25, -0.2) is 9.78 Å². The summed E-state index contributed by atoms with van der Waals surface area (Å²) in [6.07, 6.45) is 2.04. The van der Waals surface area contributed by atoms with E-state index in [4.69, 9.17) is 5.11 Å². The topological polar surface area (TPSA) is 65.5 Å². The second-order valence-electron chi connectivity index (χ2n) is 3.13. The Morgan fingerprint density at radius 1 is 1.69 bits per heavy atom. The lowest BCUT2D eigenvalue weighted by molar-refractivity contribution is 0.230. The van der Waals surface area contributed by atoms with Gasteiger partial charge >= 0.3 is 6.03 Å². The summed E-state index contributed by atoms with van der Waals surface area (Å²) in [6, 6.07) is -0.218. The third-order valence-corrected chi connectivity index (χ3v) is 2.40. The Morgan fingerprint density at radius 3 is 3.06 bits per heavy atom. The van der Waals surface area contributed by atoms with Crippen molar-refractivity contribution in [2.24, 2.45) is 0 Å². The molecule has 1 aromatic heterocycles. The normalized spacial score (nSPS) is 9.19. The number of nitrogens with one attached hydrogen (secondary N) is 1. The van der Waals surface area contributed by atoms with Crippen molar-refractivity contribution in [1.82, 2.24) is 9.88 Å². The number of aliphatic hydroxyl groups is 1. The lowest BCUT2D eigenvalue weighted by Crippen LogP contribution is -2.27. The molecule has 1 heterocycles. The maximum atomic E-state index is 11.3. The van der Waals surface area contributed by atoms with Crippen molar-refractivity contribution in [3.63, 3.8) is 0 Å². The number of aromatic nitrogens is 1. The van der Waals surface area contributed by atoms with Gasteiger partial charge in [0.05, 0.1) is 17.7 Å². The van der Waals surface area contributed by atoms with Crippen molar-refractivity contribution >= 4 is 22.5 Å². The minimum absolute atomic E-state index is 0.0516. The van der Waals surface area contributed by atoms with Crippen molar-refractivity contribution in [1.29, 1.82) is 0 Å². The molecule has 0 atom stereocenters. The average molecular weight is 239 g/mol. The van der Waals surface area contributed by atoms with Gasteiger partial charge in [0, 0.05) is 20.5 Å². The number of rotatable bonds is 2. The van der Waals surface area contributed by atoms with Gasteiger partial charge in [0.15, 0.2) is 5.13 Å². The van der Waals surface area contributed by atoms with Crippen LogP contribution in [-0.4, -0.2) is 41.7 Å². The first-order chi connectivity index (χ1) is 7.63. The van der Waals surface area contributed by atoms with Gasteiger partial charge in [-0.15, -0.1) is 0 Å². The zero-order chi connectivity index (χ0) is 12.0. The molecule has 0 aliphatic carbocycles. The lowest BCUT2D eigenvalue weighted by atomic mass is 10.4. The Kier molecular flexibility index (Phi) is 4.76. The summed E-state index contributed by atoms with van der Waals surface area (Å²) < 4.78 is 0. The third-order valence-electron chi connectivity index (χ3n) is 1.57. The van der Waals surface area contributed by atoms with Crippen molar-refractivity contribution < 1.29 is 9.90 Å². The summed E-state index contributed by atoms with van der Waals surface area (Å²) >= 11 is 1.30. The van der Waals surface area contributed by atoms with Gasteiger partial charge in [-0.3, -0.25) is 5.32 Å². The predicted octanol–water partition coefficient (Wildman–Crippen LogP) is 0.971. The van der Waals surface area contributed by atoms with E-state index in [9.17, 15) is 4.79 Å². The molecule has 0 unspecified atom stereocenters. The van der Waals surface area contributed by atoms with E-state index >= 15 is 0 Å². The lowest BCUT2D eigenvalue weighted by Gasteiger charge is -2.08. The quantitative estimate of drug-likeness (QED) is 0.756. The summed E-state index contributed by atoms with van der Waals surface area (Å²) in [5, 5.41) is 11.7. The minimum Gasteiger partial charge on any atom is -0.395 e. The highest BCUT2D eigenvalue weighted by molar-refractivity contribution is 7.16. The van der Waals surface area contributed by atoms with Gasteiger partial charge in [-0.05, 0) is 0 Å². The van der Waals surface area contributed by atoms with Crippen LogP contribution in [0.5, 0.6) is 0 Å². The van der Waals surface area contributed by atoms with Crippen LogP contribution < -0.4 is 5.32 Å². The molecule has 6 heteroatoms. The number of anilines is 1. The van der Waals surface area contributed by atoms with Crippen molar-refractivity contribution in [2.45, 2.75) is 6.42 Å². The van der Waals surface area contributed by atoms with E-state index < -0.39 is 0 Å². The number of carbonyl (C=O) groups is 1. The summed E-state index contributed by atoms with van der Waals surface area (Å²) in [7, 11) is 3.32. The first-order valence-corrected chi connectivity index (χ1v) is 5.49. The monoisotopic (exact) mass is 239 g/mol. The van der Waals surface area contributed by atoms with Crippen LogP contribution in [0.2, 0.25) is 0 Å². The maximum Gasteiger partial charge on any atom is 0.323 e. The summed E-state index contributed by atoms with van der Waals surface area (Å²) in [4.78, 5) is 17.5. The molecular formula is C10H13N3O2S. The highest BCUT2D eigenvalue weighted by Crippen LogP contribution is 2.17. The first kappa shape index (κ1) is 12.5. The van der Waals surface area contributed by atoms with E-state index in [1.165, 1.54) is 16.2 Å². The number of aliphatic hydroxyl groups excluding tert-OH is 1. The SMILES string of the molecule is CN(C)C(=O)Nc1ncc(C#CCCO)s1. The van der Waals surface area contributed by atoms with Crippen molar-refractivity contribution in [2.75, 3.05) is 26.0 Å². The molecule has 0 aromatic carbocycles. The number of amides is 2. The van der Waals surface area contributed by atoms with Crippen LogP contribution in [0.25, 0.3) is 0 Å². The fraction of sp³-hybridized carbons (Fsp3) is 0.400. The fourth-order valence-corrected chi connectivity index (χ4v) is 1.48. The number of carbonyl (C=O) groups excluding carboxylic acids is 1. The average Bonchev–Trinajstić information content (AvgIpc) is 2.66. The van der Waals surface area contributed by atoms with Crippen molar-refractivity contribution in [3.8, 4) is 11.8 Å². The molecule has 0 spiro atoms. The van der Waals surface area contributed by atoms with Gasteiger partial charge in [-0.1, -0.05) is 23.2 Å². The third kappa shape index (κ3) is 3.88. The van der Waals surface area contributed by atoms with Gasteiger partial charge in [-0.2, -0.15) is 0 Å². The molecule has 0 aliphatic rings. The second-order valence-corrected chi connectivity index (χ2v) is 4.16. The van der Waals surface area contributed by atoms with Crippen LogP contribution in [0.15, 0.2) is 6.20 Å². The number of hydrogen-bond acceptors (Lipinski definition) is 4. The number of thiazole rings is 1. The van der Waals surface area contributed by atoms with E-state index in [2.05, 4.69) is 22.1 Å². The van der Waals surface area contributed by atoms with Crippen LogP contribution in [0, 0.1) is 11.8 Å². The maximum absolute atomic E-state index is 11.3. The standard InChI is InChI=1S/C10H13N3O2S/c1-13(2)10(15)12-9-11-7-8(16-9)5-3-4-6-14/h7,14H,4,6H2,1-2H3,(H,11,12,15). The Bertz CT molecular complexity index is 417. The molecule has 0 saturated heterocycles. The zero-order valence-corrected chi connectivity index (χ0v) is 9.97. The van der Waals surface area contributed by atoms with Crippen LogP contribution >= 0.6 is 11.3 Å². The first-order valence-electron chi connectivity index (χ1n) is 4.67. The van der Waals surface area contributed by atoms with Gasteiger partial charge in [0.25, 0.3) is 0 Å². The van der Waals surface area contributed by atoms with Gasteiger partial charge < -0.3 is 10.0 Å². The van der Waals surface area contributed by atoms with Crippen LogP contribution in [-0.2, 0) is 0 Å². The van der Waals surface area contributed by atoms with Crippen LogP contribution in [0.4, 0.5) is 9.93 Å². The number of nitrogens with zero attached hydrogens (tertiary/aromatic N) is 2. The molecule has 2 amide bonds.